The van der Waals surface area contributed by atoms with E-state index in [1.807, 2.05) is 30.3 Å². The summed E-state index contributed by atoms with van der Waals surface area (Å²) in [6.45, 7) is 2.26. The van der Waals surface area contributed by atoms with Crippen LogP contribution in [-0.2, 0) is 20.9 Å². The minimum absolute atomic E-state index is 0.128. The molecule has 7 nitrogen and oxygen atoms in total. The van der Waals surface area contributed by atoms with Crippen LogP contribution in [0.3, 0.4) is 0 Å². The maximum atomic E-state index is 13.5. The minimum Gasteiger partial charge on any atom is -0.459 e. The number of aliphatic hydroxyl groups excluding tert-OH is 2. The minimum atomic E-state index is -0.453. The topological polar surface area (TPSA) is 100 Å². The molecule has 190 valence electrons. The average Bonchev–Trinajstić information content (AvgIpc) is 3.59. The van der Waals surface area contributed by atoms with Gasteiger partial charge in [0, 0.05) is 5.92 Å². The van der Waals surface area contributed by atoms with Gasteiger partial charge in [0.15, 0.2) is 0 Å². The van der Waals surface area contributed by atoms with Crippen LogP contribution < -0.4 is 4.90 Å². The third kappa shape index (κ3) is 4.47. The number of fused-ring (bicyclic) bond motifs is 3. The number of anilines is 1. The van der Waals surface area contributed by atoms with Crippen molar-refractivity contribution in [3.05, 3.63) is 70.7 Å². The molecule has 3 heterocycles. The molecule has 0 saturated carbocycles. The number of ether oxygens (including phenoxy) is 1. The van der Waals surface area contributed by atoms with E-state index < -0.39 is 11.8 Å². The first-order valence-corrected chi connectivity index (χ1v) is 12.8. The summed E-state index contributed by atoms with van der Waals surface area (Å²) < 4.78 is 11.9. The van der Waals surface area contributed by atoms with Crippen molar-refractivity contribution >= 4 is 23.6 Å². The molecule has 1 aromatic carbocycles. The van der Waals surface area contributed by atoms with Gasteiger partial charge in [-0.25, -0.2) is 0 Å². The van der Waals surface area contributed by atoms with Gasteiger partial charge in [-0.15, -0.1) is 0 Å². The number of para-hydroxylation sites is 1. The number of furan rings is 1. The van der Waals surface area contributed by atoms with Gasteiger partial charge in [-0.2, -0.15) is 0 Å². The molecule has 2 N–H and O–H groups in total. The highest BCUT2D eigenvalue weighted by Gasteiger charge is 2.57. The second-order valence-corrected chi connectivity index (χ2v) is 9.88. The molecule has 2 fully saturated rings. The summed E-state index contributed by atoms with van der Waals surface area (Å²) in [4.78, 5) is 28.1. The van der Waals surface area contributed by atoms with E-state index in [2.05, 4.69) is 6.92 Å². The van der Waals surface area contributed by atoms with Crippen LogP contribution in [0, 0.1) is 17.8 Å². The highest BCUT2D eigenvalue weighted by Crippen LogP contribution is 2.50. The van der Waals surface area contributed by atoms with E-state index in [1.165, 1.54) is 10.5 Å². The lowest BCUT2D eigenvalue weighted by atomic mass is 9.69. The van der Waals surface area contributed by atoms with Gasteiger partial charge in [-0.1, -0.05) is 37.1 Å². The number of nitrogens with zero attached hydrogens (tertiary/aromatic N) is 1. The molecule has 7 heteroatoms. The van der Waals surface area contributed by atoms with Crippen LogP contribution in [0.2, 0.25) is 0 Å². The number of hydrogen-bond acceptors (Lipinski definition) is 6. The smallest absolute Gasteiger partial charge is 0.238 e. The lowest BCUT2D eigenvalue weighted by molar-refractivity contribution is -0.122. The van der Waals surface area contributed by atoms with Gasteiger partial charge in [-0.3, -0.25) is 14.5 Å². The van der Waals surface area contributed by atoms with Crippen molar-refractivity contribution in [1.82, 2.24) is 0 Å². The summed E-state index contributed by atoms with van der Waals surface area (Å²) >= 11 is 0. The summed E-state index contributed by atoms with van der Waals surface area (Å²) in [7, 11) is 0. The van der Waals surface area contributed by atoms with Crippen LogP contribution in [0.25, 0.3) is 6.08 Å². The highest BCUT2D eigenvalue weighted by molar-refractivity contribution is 6.22. The molecule has 0 radical (unpaired) electrons. The molecule has 2 saturated heterocycles. The van der Waals surface area contributed by atoms with Gasteiger partial charge >= 0.3 is 0 Å². The molecular weight excluding hydrogens is 458 g/mol. The molecule has 2 aromatic rings. The maximum Gasteiger partial charge on any atom is 0.238 e. The summed E-state index contributed by atoms with van der Waals surface area (Å²) in [5, 5.41) is 19.5. The largest absolute Gasteiger partial charge is 0.459 e. The predicted octanol–water partition coefficient (Wildman–Crippen LogP) is 4.25. The van der Waals surface area contributed by atoms with Crippen LogP contribution in [0.5, 0.6) is 0 Å². The molecule has 4 atom stereocenters. The Labute approximate surface area is 211 Å². The van der Waals surface area contributed by atoms with E-state index >= 15 is 0 Å². The maximum absolute atomic E-state index is 13.5. The van der Waals surface area contributed by atoms with Crippen molar-refractivity contribution < 1.29 is 29.0 Å². The third-order valence-corrected chi connectivity index (χ3v) is 7.70. The molecule has 0 bridgehead atoms. The van der Waals surface area contributed by atoms with Gasteiger partial charge in [0.2, 0.25) is 11.8 Å². The van der Waals surface area contributed by atoms with Gasteiger partial charge in [-0.05, 0) is 67.2 Å². The molecule has 0 unspecified atom stereocenters. The zero-order valence-corrected chi connectivity index (χ0v) is 20.6. The second kappa shape index (κ2) is 10.5. The standard InChI is InChI=1S/C29H33NO6/c1-2-6-18(13-21-10-11-22(16-32)36-21)9-12-25-26-19(15-31)14-23-27(24(26)17-35-25)29(34)30(28(23)33)20-7-4-3-5-8-20/h3-5,7-8,10-11,13,23-25,27,31-32H,2,6,9,12,14-17H2,1H3/b18-13+/t23-,24+,25-,27-/m1/s1. The molecule has 2 amide bonds. The average molecular weight is 492 g/mol. The lowest BCUT2D eigenvalue weighted by Crippen LogP contribution is -2.35. The van der Waals surface area contributed by atoms with Crippen molar-refractivity contribution in [3.63, 3.8) is 0 Å². The van der Waals surface area contributed by atoms with Crippen LogP contribution in [0.15, 0.2) is 63.6 Å². The van der Waals surface area contributed by atoms with Gasteiger partial charge in [0.05, 0.1) is 36.8 Å². The molecule has 0 spiro atoms. The first kappa shape index (κ1) is 24.7. The molecule has 5 rings (SSSR count). The number of imide groups is 1. The van der Waals surface area contributed by atoms with E-state index in [0.717, 1.165) is 42.6 Å². The van der Waals surface area contributed by atoms with Crippen molar-refractivity contribution in [1.29, 1.82) is 0 Å². The Bertz CT molecular complexity index is 1180. The Kier molecular flexibility index (Phi) is 7.23. The van der Waals surface area contributed by atoms with E-state index in [4.69, 9.17) is 9.15 Å². The van der Waals surface area contributed by atoms with E-state index in [-0.39, 0.29) is 37.0 Å². The summed E-state index contributed by atoms with van der Waals surface area (Å²) in [5.74, 6) is -0.169. The molecule has 1 aliphatic carbocycles. The summed E-state index contributed by atoms with van der Waals surface area (Å²) in [6, 6.07) is 12.7. The van der Waals surface area contributed by atoms with Gasteiger partial charge < -0.3 is 19.4 Å². The number of rotatable bonds is 9. The van der Waals surface area contributed by atoms with Gasteiger partial charge in [0.25, 0.3) is 0 Å². The first-order valence-electron chi connectivity index (χ1n) is 12.8. The normalized spacial score (nSPS) is 26.1. The van der Waals surface area contributed by atoms with E-state index in [1.54, 1.807) is 18.2 Å². The van der Waals surface area contributed by atoms with Crippen molar-refractivity contribution in [3.8, 4) is 0 Å². The molecule has 3 aliphatic rings. The Morgan fingerprint density at radius 2 is 1.83 bits per heavy atom. The SMILES string of the molecule is CCC/C(=C\c1ccc(CO)o1)CC[C@H]1OC[C@H]2C1=C(CO)C[C@H]1C(=O)N(c3ccccc3)C(=O)[C@H]12. The van der Waals surface area contributed by atoms with Crippen molar-refractivity contribution in [2.24, 2.45) is 17.8 Å². The van der Waals surface area contributed by atoms with E-state index in [0.29, 0.717) is 24.5 Å². The van der Waals surface area contributed by atoms with Crippen molar-refractivity contribution in [2.75, 3.05) is 18.1 Å². The summed E-state index contributed by atoms with van der Waals surface area (Å²) in [6.07, 6.45) is 5.68. The van der Waals surface area contributed by atoms with Crippen LogP contribution in [-0.4, -0.2) is 41.3 Å². The number of aliphatic hydroxyl groups is 2. The number of carbonyl (C=O) groups is 2. The quantitative estimate of drug-likeness (QED) is 0.402. The number of allylic oxidation sites excluding steroid dienone is 1. The molecule has 2 aliphatic heterocycles. The van der Waals surface area contributed by atoms with E-state index in [9.17, 15) is 19.8 Å². The highest BCUT2D eigenvalue weighted by atomic mass is 16.5. The number of amides is 2. The molecule has 1 aromatic heterocycles. The zero-order valence-electron chi connectivity index (χ0n) is 20.6. The van der Waals surface area contributed by atoms with Crippen molar-refractivity contribution in [2.45, 2.75) is 51.7 Å². The lowest BCUT2D eigenvalue weighted by Gasteiger charge is -2.31. The molecular formula is C29H33NO6. The number of hydrogen-bond donors (Lipinski definition) is 2. The number of benzene rings is 1. The zero-order chi connectivity index (χ0) is 25.2. The third-order valence-electron chi connectivity index (χ3n) is 7.70. The fourth-order valence-corrected chi connectivity index (χ4v) is 6.12. The fraction of sp³-hybridized carbons (Fsp3) is 0.448. The Balaban J connectivity index is 1.35. The predicted molar refractivity (Wildman–Crippen MR) is 135 cm³/mol. The Hall–Kier alpha value is -3.00. The number of carbonyl (C=O) groups excluding carboxylic acids is 2. The second-order valence-electron chi connectivity index (χ2n) is 9.88. The first-order chi connectivity index (χ1) is 17.5. The molecule has 36 heavy (non-hydrogen) atoms. The monoisotopic (exact) mass is 491 g/mol. The van der Waals surface area contributed by atoms with Crippen LogP contribution in [0.4, 0.5) is 5.69 Å². The Morgan fingerprint density at radius 1 is 1.03 bits per heavy atom. The fourth-order valence-electron chi connectivity index (χ4n) is 6.12. The summed E-state index contributed by atoms with van der Waals surface area (Å²) in [5.41, 5.74) is 3.69. The van der Waals surface area contributed by atoms with Gasteiger partial charge in [0.1, 0.15) is 18.1 Å². The van der Waals surface area contributed by atoms with Crippen LogP contribution >= 0.6 is 0 Å². The Morgan fingerprint density at radius 3 is 2.53 bits per heavy atom. The van der Waals surface area contributed by atoms with Crippen LogP contribution in [0.1, 0.15) is 50.5 Å².